The topological polar surface area (TPSA) is 52.7 Å². The maximum absolute atomic E-state index is 12.8. The highest BCUT2D eigenvalue weighted by molar-refractivity contribution is 5.79. The predicted molar refractivity (Wildman–Crippen MR) is 95.4 cm³/mol. The standard InChI is InChI=1S/C19H29N3O2/c1-15(17-9-10-17)22(13-16-7-5-4-6-8-16)19(24)14-21(3)12-11-18(23)20-2/h4-8,15,17H,9-14H2,1-3H3,(H,20,23)/t15-/m1/s1. The van der Waals surface area contributed by atoms with Crippen molar-refractivity contribution in [2.75, 3.05) is 27.2 Å². The number of carbonyl (C=O) groups is 2. The van der Waals surface area contributed by atoms with Gasteiger partial charge in [0.25, 0.3) is 0 Å². The first kappa shape index (κ1) is 18.5. The number of benzene rings is 1. The van der Waals surface area contributed by atoms with Gasteiger partial charge in [0.2, 0.25) is 11.8 Å². The fourth-order valence-corrected chi connectivity index (χ4v) is 2.89. The van der Waals surface area contributed by atoms with Crippen LogP contribution in [0.3, 0.4) is 0 Å². The highest BCUT2D eigenvalue weighted by Crippen LogP contribution is 2.35. The maximum Gasteiger partial charge on any atom is 0.237 e. The van der Waals surface area contributed by atoms with Crippen LogP contribution >= 0.6 is 0 Å². The molecule has 1 aliphatic rings. The van der Waals surface area contributed by atoms with Crippen molar-refractivity contribution < 1.29 is 9.59 Å². The summed E-state index contributed by atoms with van der Waals surface area (Å²) in [4.78, 5) is 28.1. The van der Waals surface area contributed by atoms with Crippen molar-refractivity contribution >= 4 is 11.8 Å². The number of nitrogens with one attached hydrogen (secondary N) is 1. The van der Waals surface area contributed by atoms with E-state index in [0.29, 0.717) is 32.0 Å². The Bertz CT molecular complexity index is 543. The van der Waals surface area contributed by atoms with E-state index in [4.69, 9.17) is 0 Å². The van der Waals surface area contributed by atoms with Gasteiger partial charge in [0.05, 0.1) is 6.54 Å². The van der Waals surface area contributed by atoms with Crippen LogP contribution in [0.25, 0.3) is 0 Å². The van der Waals surface area contributed by atoms with Crippen LogP contribution in [-0.4, -0.2) is 54.8 Å². The second kappa shape index (κ2) is 8.83. The second-order valence-corrected chi connectivity index (χ2v) is 6.75. The van der Waals surface area contributed by atoms with Crippen molar-refractivity contribution in [2.45, 2.75) is 38.8 Å². The van der Waals surface area contributed by atoms with Crippen LogP contribution in [0.5, 0.6) is 0 Å². The number of rotatable bonds is 9. The Balaban J connectivity index is 1.95. The molecule has 1 aromatic carbocycles. The Labute approximate surface area is 145 Å². The van der Waals surface area contributed by atoms with E-state index in [0.717, 1.165) is 5.56 Å². The highest BCUT2D eigenvalue weighted by atomic mass is 16.2. The number of nitrogens with zero attached hydrogens (tertiary/aromatic N) is 2. The van der Waals surface area contributed by atoms with Gasteiger partial charge in [0.15, 0.2) is 0 Å². The first-order chi connectivity index (χ1) is 11.5. The largest absolute Gasteiger partial charge is 0.359 e. The Kier molecular flexibility index (Phi) is 6.79. The van der Waals surface area contributed by atoms with Crippen molar-refractivity contribution in [1.29, 1.82) is 0 Å². The lowest BCUT2D eigenvalue weighted by Crippen LogP contribution is -2.44. The summed E-state index contributed by atoms with van der Waals surface area (Å²) in [5.41, 5.74) is 1.16. The molecule has 132 valence electrons. The Morgan fingerprint density at radius 3 is 2.50 bits per heavy atom. The van der Waals surface area contributed by atoms with Gasteiger partial charge in [0.1, 0.15) is 0 Å². The van der Waals surface area contributed by atoms with Crippen molar-refractivity contribution in [3.63, 3.8) is 0 Å². The molecule has 1 fully saturated rings. The number of amides is 2. The third-order valence-electron chi connectivity index (χ3n) is 4.72. The SMILES string of the molecule is CNC(=O)CCN(C)CC(=O)N(Cc1ccccc1)[C@H](C)C1CC1. The molecule has 0 aromatic heterocycles. The van der Waals surface area contributed by atoms with Crippen LogP contribution in [0.4, 0.5) is 0 Å². The maximum atomic E-state index is 12.8. The van der Waals surface area contributed by atoms with Gasteiger partial charge < -0.3 is 10.2 Å². The minimum absolute atomic E-state index is 0.00166. The number of carbonyl (C=O) groups excluding carboxylic acids is 2. The lowest BCUT2D eigenvalue weighted by molar-refractivity contribution is -0.135. The van der Waals surface area contributed by atoms with Crippen LogP contribution in [0.1, 0.15) is 31.7 Å². The molecule has 24 heavy (non-hydrogen) atoms. The van der Waals surface area contributed by atoms with Gasteiger partial charge in [-0.05, 0) is 38.3 Å². The van der Waals surface area contributed by atoms with Gasteiger partial charge in [-0.15, -0.1) is 0 Å². The minimum Gasteiger partial charge on any atom is -0.359 e. The third-order valence-corrected chi connectivity index (χ3v) is 4.72. The van der Waals surface area contributed by atoms with E-state index in [9.17, 15) is 9.59 Å². The summed E-state index contributed by atoms with van der Waals surface area (Å²) in [6.07, 6.45) is 2.84. The summed E-state index contributed by atoms with van der Waals surface area (Å²) in [6.45, 7) is 3.74. The fourth-order valence-electron chi connectivity index (χ4n) is 2.89. The van der Waals surface area contributed by atoms with Crippen molar-refractivity contribution in [1.82, 2.24) is 15.1 Å². The average molecular weight is 331 g/mol. The van der Waals surface area contributed by atoms with E-state index >= 15 is 0 Å². The molecule has 0 heterocycles. The Hall–Kier alpha value is -1.88. The molecule has 0 radical (unpaired) electrons. The van der Waals surface area contributed by atoms with Gasteiger partial charge in [-0.2, -0.15) is 0 Å². The molecule has 5 heteroatoms. The van der Waals surface area contributed by atoms with E-state index < -0.39 is 0 Å². The molecule has 2 amide bonds. The number of likely N-dealkylation sites (N-methyl/N-ethyl adjacent to an activating group) is 1. The average Bonchev–Trinajstić information content (AvgIpc) is 3.42. The molecule has 0 unspecified atom stereocenters. The summed E-state index contributed by atoms with van der Waals surface area (Å²) >= 11 is 0. The lowest BCUT2D eigenvalue weighted by Gasteiger charge is -2.31. The summed E-state index contributed by atoms with van der Waals surface area (Å²) in [5.74, 6) is 0.772. The normalized spacial score (nSPS) is 15.2. The second-order valence-electron chi connectivity index (χ2n) is 6.75. The minimum atomic E-state index is 0.00166. The molecule has 5 nitrogen and oxygen atoms in total. The molecule has 0 bridgehead atoms. The van der Waals surface area contributed by atoms with Crippen LogP contribution < -0.4 is 5.32 Å². The molecule has 0 aliphatic heterocycles. The van der Waals surface area contributed by atoms with E-state index in [-0.39, 0.29) is 17.9 Å². The Morgan fingerprint density at radius 1 is 1.25 bits per heavy atom. The molecular formula is C19H29N3O2. The summed E-state index contributed by atoms with van der Waals surface area (Å²) < 4.78 is 0. The molecule has 1 N–H and O–H groups in total. The van der Waals surface area contributed by atoms with Crippen LogP contribution in [0.2, 0.25) is 0 Å². The van der Waals surface area contributed by atoms with Gasteiger partial charge in [-0.25, -0.2) is 0 Å². The van der Waals surface area contributed by atoms with Crippen molar-refractivity contribution in [3.8, 4) is 0 Å². The smallest absolute Gasteiger partial charge is 0.237 e. The summed E-state index contributed by atoms with van der Waals surface area (Å²) in [7, 11) is 3.52. The van der Waals surface area contributed by atoms with Crippen LogP contribution in [0.15, 0.2) is 30.3 Å². The molecule has 0 spiro atoms. The lowest BCUT2D eigenvalue weighted by atomic mass is 10.1. The van der Waals surface area contributed by atoms with Gasteiger partial charge in [-0.3, -0.25) is 14.5 Å². The zero-order valence-electron chi connectivity index (χ0n) is 15.0. The molecule has 2 rings (SSSR count). The van der Waals surface area contributed by atoms with Crippen LogP contribution in [-0.2, 0) is 16.1 Å². The zero-order chi connectivity index (χ0) is 17.5. The zero-order valence-corrected chi connectivity index (χ0v) is 15.0. The number of hydrogen-bond donors (Lipinski definition) is 1. The van der Waals surface area contributed by atoms with E-state index in [1.165, 1.54) is 12.8 Å². The van der Waals surface area contributed by atoms with Gasteiger partial charge in [-0.1, -0.05) is 30.3 Å². The quantitative estimate of drug-likeness (QED) is 0.752. The van der Waals surface area contributed by atoms with Crippen molar-refractivity contribution in [2.24, 2.45) is 5.92 Å². The first-order valence-electron chi connectivity index (χ1n) is 8.73. The third kappa shape index (κ3) is 5.64. The predicted octanol–water partition coefficient (Wildman–Crippen LogP) is 1.88. The molecule has 1 aliphatic carbocycles. The van der Waals surface area contributed by atoms with E-state index in [2.05, 4.69) is 24.4 Å². The van der Waals surface area contributed by atoms with E-state index in [1.54, 1.807) is 7.05 Å². The fraction of sp³-hybridized carbons (Fsp3) is 0.579. The number of hydrogen-bond acceptors (Lipinski definition) is 3. The molecular weight excluding hydrogens is 302 g/mol. The summed E-state index contributed by atoms with van der Waals surface area (Å²) in [5, 5.41) is 2.61. The van der Waals surface area contributed by atoms with Crippen molar-refractivity contribution in [3.05, 3.63) is 35.9 Å². The van der Waals surface area contributed by atoms with Gasteiger partial charge >= 0.3 is 0 Å². The molecule has 1 aromatic rings. The monoisotopic (exact) mass is 331 g/mol. The van der Waals surface area contributed by atoms with Gasteiger partial charge in [0, 0.05) is 32.6 Å². The Morgan fingerprint density at radius 2 is 1.92 bits per heavy atom. The first-order valence-corrected chi connectivity index (χ1v) is 8.73. The molecule has 1 saturated carbocycles. The summed E-state index contributed by atoms with van der Waals surface area (Å²) in [6, 6.07) is 10.4. The molecule has 1 atom stereocenters. The van der Waals surface area contributed by atoms with E-state index in [1.807, 2.05) is 35.0 Å². The molecule has 0 saturated heterocycles. The van der Waals surface area contributed by atoms with Crippen LogP contribution in [0, 0.1) is 5.92 Å². The highest BCUT2D eigenvalue weighted by Gasteiger charge is 2.34.